The molecule has 0 bridgehead atoms. The lowest BCUT2D eigenvalue weighted by Crippen LogP contribution is -2.48. The second kappa shape index (κ2) is 12.0. The standard InChI is InChI=1S/C31H30F4N6O2S/c1-18(2)24-15-21(32)7-12-27(24)40-13-14-44-30(40)38-29(42)37-26-16-25(26)19-3-5-20(6-4-19)28-36-17-41(39-28)22-8-10-23(11-9-22)43-31(33,34)35/h3-12,15,17-18,25-26,30H,13-14,16H2,1-2H3,(H2,37,38,42). The molecule has 2 heterocycles. The Bertz CT molecular complexity index is 1630. The Labute approximate surface area is 255 Å². The van der Waals surface area contributed by atoms with E-state index in [-0.39, 0.29) is 41.0 Å². The Morgan fingerprint density at radius 1 is 1.05 bits per heavy atom. The third-order valence-electron chi connectivity index (χ3n) is 7.60. The lowest BCUT2D eigenvalue weighted by atomic mass is 10.0. The molecule has 13 heteroatoms. The number of nitrogens with one attached hydrogen (secondary N) is 2. The second-order valence-electron chi connectivity index (χ2n) is 11.0. The summed E-state index contributed by atoms with van der Waals surface area (Å²) >= 11 is 1.65. The normalized spacial score (nSPS) is 19.7. The summed E-state index contributed by atoms with van der Waals surface area (Å²) in [6, 6.07) is 17.8. The third kappa shape index (κ3) is 6.77. The lowest BCUT2D eigenvalue weighted by molar-refractivity contribution is -0.274. The van der Waals surface area contributed by atoms with Crippen LogP contribution in [0.3, 0.4) is 0 Å². The number of aromatic nitrogens is 3. The summed E-state index contributed by atoms with van der Waals surface area (Å²) in [5.41, 5.74) is 4.02. The maximum Gasteiger partial charge on any atom is 0.573 e. The van der Waals surface area contributed by atoms with Crippen molar-refractivity contribution in [3.63, 3.8) is 0 Å². The highest BCUT2D eigenvalue weighted by Gasteiger charge is 2.40. The zero-order chi connectivity index (χ0) is 31.0. The van der Waals surface area contributed by atoms with Crippen LogP contribution in [0.1, 0.15) is 43.2 Å². The molecule has 2 fully saturated rings. The van der Waals surface area contributed by atoms with Crippen molar-refractivity contribution < 1.29 is 27.1 Å². The van der Waals surface area contributed by atoms with Gasteiger partial charge in [0.05, 0.1) is 5.69 Å². The number of rotatable bonds is 8. The average Bonchev–Trinajstić information content (AvgIpc) is 3.33. The van der Waals surface area contributed by atoms with E-state index in [0.29, 0.717) is 11.5 Å². The predicted octanol–water partition coefficient (Wildman–Crippen LogP) is 6.79. The largest absolute Gasteiger partial charge is 0.573 e. The summed E-state index contributed by atoms with van der Waals surface area (Å²) in [5, 5.41) is 10.6. The fourth-order valence-electron chi connectivity index (χ4n) is 5.33. The molecule has 3 aromatic carbocycles. The Morgan fingerprint density at radius 2 is 1.80 bits per heavy atom. The van der Waals surface area contributed by atoms with Crippen LogP contribution in [0, 0.1) is 5.82 Å². The molecular weight excluding hydrogens is 596 g/mol. The summed E-state index contributed by atoms with van der Waals surface area (Å²) in [6.07, 6.45) is -2.44. The lowest BCUT2D eigenvalue weighted by Gasteiger charge is -2.29. The number of carbonyl (C=O) groups excluding carboxylic acids is 1. The number of anilines is 1. The SMILES string of the molecule is CC(C)c1cc(F)ccc1N1CCSC1NC(=O)NC1CC1c1ccc(-c2ncn(-c3ccc(OC(F)(F)F)cc3)n2)cc1. The van der Waals surface area contributed by atoms with Gasteiger partial charge < -0.3 is 20.3 Å². The number of nitrogens with zero attached hydrogens (tertiary/aromatic N) is 4. The van der Waals surface area contributed by atoms with Crippen LogP contribution in [-0.4, -0.2) is 51.0 Å². The van der Waals surface area contributed by atoms with Crippen LogP contribution in [0.4, 0.5) is 28.0 Å². The number of halogens is 4. The maximum atomic E-state index is 13.9. The van der Waals surface area contributed by atoms with E-state index in [2.05, 4.69) is 30.4 Å². The number of urea groups is 1. The molecule has 1 saturated heterocycles. The van der Waals surface area contributed by atoms with Gasteiger partial charge in [-0.05, 0) is 65.9 Å². The van der Waals surface area contributed by atoms with Crippen molar-refractivity contribution in [1.29, 1.82) is 0 Å². The molecule has 0 radical (unpaired) electrons. The van der Waals surface area contributed by atoms with Gasteiger partial charge in [-0.1, -0.05) is 38.1 Å². The van der Waals surface area contributed by atoms with Gasteiger partial charge in [0, 0.05) is 35.5 Å². The van der Waals surface area contributed by atoms with E-state index in [0.717, 1.165) is 41.1 Å². The minimum Gasteiger partial charge on any atom is -0.406 e. The Balaban J connectivity index is 1.03. The van der Waals surface area contributed by atoms with Gasteiger partial charge in [-0.15, -0.1) is 30.0 Å². The van der Waals surface area contributed by atoms with Gasteiger partial charge in [0.1, 0.15) is 17.9 Å². The van der Waals surface area contributed by atoms with Gasteiger partial charge in [-0.25, -0.2) is 18.9 Å². The van der Waals surface area contributed by atoms with E-state index in [9.17, 15) is 22.4 Å². The van der Waals surface area contributed by atoms with Crippen LogP contribution < -0.4 is 20.3 Å². The van der Waals surface area contributed by atoms with E-state index in [1.54, 1.807) is 23.9 Å². The quantitative estimate of drug-likeness (QED) is 0.210. The van der Waals surface area contributed by atoms with Gasteiger partial charge in [-0.2, -0.15) is 0 Å². The van der Waals surface area contributed by atoms with Gasteiger partial charge in [0.2, 0.25) is 0 Å². The van der Waals surface area contributed by atoms with Crippen molar-refractivity contribution in [1.82, 2.24) is 25.4 Å². The zero-order valence-corrected chi connectivity index (χ0v) is 24.7. The highest BCUT2D eigenvalue weighted by molar-refractivity contribution is 8.00. The number of thioether (sulfide) groups is 1. The Morgan fingerprint density at radius 3 is 2.50 bits per heavy atom. The first-order chi connectivity index (χ1) is 21.0. The van der Waals surface area contributed by atoms with Crippen LogP contribution in [-0.2, 0) is 0 Å². The molecule has 2 N–H and O–H groups in total. The fourth-order valence-corrected chi connectivity index (χ4v) is 6.45. The first-order valence-corrected chi connectivity index (χ1v) is 15.2. The molecule has 44 heavy (non-hydrogen) atoms. The number of hydrogen-bond acceptors (Lipinski definition) is 6. The Kier molecular flexibility index (Phi) is 8.14. The summed E-state index contributed by atoms with van der Waals surface area (Å²) in [5.74, 6) is 1.08. The number of carbonyl (C=O) groups is 1. The van der Waals surface area contributed by atoms with Crippen molar-refractivity contribution in [2.75, 3.05) is 17.2 Å². The molecule has 2 amide bonds. The van der Waals surface area contributed by atoms with E-state index in [4.69, 9.17) is 0 Å². The van der Waals surface area contributed by atoms with Crippen molar-refractivity contribution >= 4 is 23.5 Å². The van der Waals surface area contributed by atoms with E-state index in [1.807, 2.05) is 38.1 Å². The molecule has 1 aliphatic heterocycles. The molecule has 4 aromatic rings. The first kappa shape index (κ1) is 29.8. The van der Waals surface area contributed by atoms with E-state index < -0.39 is 6.36 Å². The number of hydrogen-bond donors (Lipinski definition) is 2. The maximum absolute atomic E-state index is 13.9. The van der Waals surface area contributed by atoms with Crippen LogP contribution >= 0.6 is 11.8 Å². The molecular formula is C31H30F4N6O2S. The number of benzene rings is 3. The predicted molar refractivity (Wildman–Crippen MR) is 160 cm³/mol. The van der Waals surface area contributed by atoms with Gasteiger partial charge in [0.15, 0.2) is 11.3 Å². The molecule has 3 unspecified atom stereocenters. The van der Waals surface area contributed by atoms with Crippen molar-refractivity contribution in [3.8, 4) is 22.8 Å². The van der Waals surface area contributed by atoms with Crippen LogP contribution in [0.5, 0.6) is 5.75 Å². The highest BCUT2D eigenvalue weighted by atomic mass is 32.2. The minimum absolute atomic E-state index is 0.0133. The van der Waals surface area contributed by atoms with Gasteiger partial charge >= 0.3 is 12.4 Å². The minimum atomic E-state index is -4.75. The summed E-state index contributed by atoms with van der Waals surface area (Å²) in [7, 11) is 0. The van der Waals surface area contributed by atoms with E-state index in [1.165, 1.54) is 41.3 Å². The first-order valence-electron chi connectivity index (χ1n) is 14.2. The van der Waals surface area contributed by atoms with Crippen molar-refractivity contribution in [2.24, 2.45) is 0 Å². The fraction of sp³-hybridized carbons (Fsp3) is 0.323. The van der Waals surface area contributed by atoms with Crippen LogP contribution in [0.25, 0.3) is 17.1 Å². The zero-order valence-electron chi connectivity index (χ0n) is 23.9. The van der Waals surface area contributed by atoms with E-state index >= 15 is 0 Å². The summed E-state index contributed by atoms with van der Waals surface area (Å²) in [4.78, 5) is 19.4. The number of amides is 2. The smallest absolute Gasteiger partial charge is 0.406 e. The molecule has 3 atom stereocenters. The molecule has 1 aromatic heterocycles. The highest BCUT2D eigenvalue weighted by Crippen LogP contribution is 2.41. The molecule has 6 rings (SSSR count). The van der Waals surface area contributed by atoms with Crippen molar-refractivity contribution in [2.45, 2.75) is 50.0 Å². The van der Waals surface area contributed by atoms with Gasteiger partial charge in [0.25, 0.3) is 0 Å². The second-order valence-corrected chi connectivity index (χ2v) is 12.2. The number of alkyl halides is 3. The Hall–Kier alpha value is -4.26. The monoisotopic (exact) mass is 626 g/mol. The molecule has 0 spiro atoms. The summed E-state index contributed by atoms with van der Waals surface area (Å²) in [6.45, 7) is 4.82. The van der Waals surface area contributed by atoms with Crippen LogP contribution in [0.2, 0.25) is 0 Å². The molecule has 1 aliphatic carbocycles. The van der Waals surface area contributed by atoms with Crippen LogP contribution in [0.15, 0.2) is 73.1 Å². The topological polar surface area (TPSA) is 84.3 Å². The molecule has 1 saturated carbocycles. The summed E-state index contributed by atoms with van der Waals surface area (Å²) < 4.78 is 56.5. The van der Waals surface area contributed by atoms with Gasteiger partial charge in [-0.3, -0.25) is 0 Å². The molecule has 2 aliphatic rings. The molecule has 8 nitrogen and oxygen atoms in total. The number of ether oxygens (including phenoxy) is 1. The van der Waals surface area contributed by atoms with Crippen molar-refractivity contribution in [3.05, 3.63) is 90.0 Å². The molecule has 230 valence electrons. The average molecular weight is 627 g/mol. The third-order valence-corrected chi connectivity index (χ3v) is 8.70.